The Morgan fingerprint density at radius 3 is 2.48 bits per heavy atom. The molecule has 1 amide bonds. The lowest BCUT2D eigenvalue weighted by atomic mass is 10.1. The van der Waals surface area contributed by atoms with Gasteiger partial charge in [-0.15, -0.1) is 11.3 Å². The highest BCUT2D eigenvalue weighted by Gasteiger charge is 2.23. The molecule has 1 unspecified atom stereocenters. The molecule has 0 aliphatic rings. The quantitative estimate of drug-likeness (QED) is 0.647. The highest BCUT2D eigenvalue weighted by molar-refractivity contribution is 7.84. The highest BCUT2D eigenvalue weighted by atomic mass is 32.2. The maximum absolute atomic E-state index is 12.3. The number of ether oxygens (including phenoxy) is 1. The lowest BCUT2D eigenvalue weighted by Crippen LogP contribution is -2.35. The molecule has 0 radical (unpaired) electrons. The van der Waals surface area contributed by atoms with Crippen molar-refractivity contribution in [3.05, 3.63) is 45.9 Å². The molecular weight excluding hydrogens is 414 g/mol. The van der Waals surface area contributed by atoms with Crippen LogP contribution in [-0.2, 0) is 27.9 Å². The number of carbonyl (C=O) groups excluding carboxylic acids is 1. The molecule has 1 heterocycles. The van der Waals surface area contributed by atoms with Crippen LogP contribution in [0, 0.1) is 0 Å². The fourth-order valence-corrected chi connectivity index (χ4v) is 3.84. The summed E-state index contributed by atoms with van der Waals surface area (Å²) in [5.74, 6) is 0.118. The van der Waals surface area contributed by atoms with Gasteiger partial charge in [-0.1, -0.05) is 25.5 Å². The molecule has 29 heavy (non-hydrogen) atoms. The van der Waals surface area contributed by atoms with Gasteiger partial charge in [0.1, 0.15) is 16.4 Å². The fourth-order valence-electron chi connectivity index (χ4n) is 2.55. The van der Waals surface area contributed by atoms with Crippen LogP contribution in [0.2, 0.25) is 0 Å². The molecule has 0 fully saturated rings. The van der Waals surface area contributed by atoms with Crippen molar-refractivity contribution in [2.45, 2.75) is 58.6 Å². The molecular formula is C19H27N3O5S2. The number of amides is 1. The number of hydrogen-bond acceptors (Lipinski definition) is 7. The summed E-state index contributed by atoms with van der Waals surface area (Å²) in [4.78, 5) is 17.0. The number of benzene rings is 1. The first-order valence-electron chi connectivity index (χ1n) is 9.20. The average molecular weight is 442 g/mol. The summed E-state index contributed by atoms with van der Waals surface area (Å²) in [6, 6.07) is 6.06. The van der Waals surface area contributed by atoms with E-state index >= 15 is 0 Å². The molecule has 1 aromatic carbocycles. The molecule has 2 aromatic rings. The van der Waals surface area contributed by atoms with E-state index in [1.807, 2.05) is 5.38 Å². The van der Waals surface area contributed by atoms with Crippen LogP contribution in [0.1, 0.15) is 56.4 Å². The molecule has 0 saturated heterocycles. The van der Waals surface area contributed by atoms with Gasteiger partial charge < -0.3 is 14.2 Å². The number of carbonyl (C=O) groups is 1. The summed E-state index contributed by atoms with van der Waals surface area (Å²) in [5.41, 5.74) is 1.23. The van der Waals surface area contributed by atoms with Crippen LogP contribution in [0.3, 0.4) is 0 Å². The zero-order valence-corrected chi connectivity index (χ0v) is 18.6. The number of rotatable bonds is 8. The van der Waals surface area contributed by atoms with Gasteiger partial charge in [-0.3, -0.25) is 0 Å². The zero-order chi connectivity index (χ0) is 21.7. The van der Waals surface area contributed by atoms with E-state index < -0.39 is 22.0 Å². The third kappa shape index (κ3) is 8.38. The highest BCUT2D eigenvalue weighted by Crippen LogP contribution is 2.25. The Labute approximate surface area is 175 Å². The SMILES string of the molecule is CCCc1csc(C(Cc2ccc(OS(N)(=O)=O)cc2)NC(=O)OC(C)(C)C)n1. The van der Waals surface area contributed by atoms with E-state index in [-0.39, 0.29) is 11.8 Å². The van der Waals surface area contributed by atoms with Crippen molar-refractivity contribution in [2.75, 3.05) is 0 Å². The van der Waals surface area contributed by atoms with Gasteiger partial charge in [0, 0.05) is 5.38 Å². The number of hydrogen-bond donors (Lipinski definition) is 2. The summed E-state index contributed by atoms with van der Waals surface area (Å²) in [6.45, 7) is 7.48. The average Bonchev–Trinajstić information content (AvgIpc) is 3.02. The Morgan fingerprint density at radius 1 is 1.28 bits per heavy atom. The van der Waals surface area contributed by atoms with Crippen molar-refractivity contribution in [1.29, 1.82) is 0 Å². The van der Waals surface area contributed by atoms with E-state index in [1.165, 1.54) is 23.5 Å². The number of aromatic nitrogens is 1. The minimum Gasteiger partial charge on any atom is -0.444 e. The first kappa shape index (κ1) is 23.1. The van der Waals surface area contributed by atoms with Crippen molar-refractivity contribution >= 4 is 27.7 Å². The number of nitrogens with two attached hydrogens (primary N) is 1. The number of nitrogens with one attached hydrogen (secondary N) is 1. The van der Waals surface area contributed by atoms with E-state index in [0.717, 1.165) is 29.1 Å². The van der Waals surface area contributed by atoms with Crippen molar-refractivity contribution in [2.24, 2.45) is 5.14 Å². The number of aryl methyl sites for hydroxylation is 1. The first-order valence-corrected chi connectivity index (χ1v) is 11.6. The monoisotopic (exact) mass is 441 g/mol. The van der Waals surface area contributed by atoms with Crippen LogP contribution in [-0.4, -0.2) is 25.1 Å². The van der Waals surface area contributed by atoms with Crippen LogP contribution in [0.25, 0.3) is 0 Å². The minimum atomic E-state index is -4.07. The molecule has 160 valence electrons. The Bertz CT molecular complexity index is 918. The molecule has 3 N–H and O–H groups in total. The predicted octanol–water partition coefficient (Wildman–Crippen LogP) is 3.49. The second-order valence-corrected chi connectivity index (χ2v) is 9.59. The zero-order valence-electron chi connectivity index (χ0n) is 17.0. The van der Waals surface area contributed by atoms with Crippen LogP contribution >= 0.6 is 11.3 Å². The van der Waals surface area contributed by atoms with Crippen molar-refractivity contribution in [1.82, 2.24) is 10.3 Å². The molecule has 2 rings (SSSR count). The van der Waals surface area contributed by atoms with Crippen molar-refractivity contribution in [3.63, 3.8) is 0 Å². The van der Waals surface area contributed by atoms with Gasteiger partial charge in [-0.25, -0.2) is 9.78 Å². The van der Waals surface area contributed by atoms with E-state index in [0.29, 0.717) is 6.42 Å². The number of nitrogens with zero attached hydrogens (tertiary/aromatic N) is 1. The number of alkyl carbamates (subject to hydrolysis) is 1. The van der Waals surface area contributed by atoms with E-state index in [4.69, 9.17) is 9.88 Å². The maximum Gasteiger partial charge on any atom is 0.408 e. The molecule has 8 nitrogen and oxygen atoms in total. The molecule has 1 atom stereocenters. The second kappa shape index (κ2) is 9.55. The number of thiazole rings is 1. The van der Waals surface area contributed by atoms with Gasteiger partial charge >= 0.3 is 16.4 Å². The smallest absolute Gasteiger partial charge is 0.408 e. The Hall–Kier alpha value is -2.17. The summed E-state index contributed by atoms with van der Waals surface area (Å²) >= 11 is 1.49. The maximum atomic E-state index is 12.3. The topological polar surface area (TPSA) is 121 Å². The lowest BCUT2D eigenvalue weighted by molar-refractivity contribution is 0.0503. The van der Waals surface area contributed by atoms with Crippen LogP contribution in [0.15, 0.2) is 29.6 Å². The summed E-state index contributed by atoms with van der Waals surface area (Å²) in [7, 11) is -4.07. The lowest BCUT2D eigenvalue weighted by Gasteiger charge is -2.23. The summed E-state index contributed by atoms with van der Waals surface area (Å²) < 4.78 is 32.1. The molecule has 0 saturated carbocycles. The van der Waals surface area contributed by atoms with Crippen molar-refractivity contribution < 1.29 is 22.1 Å². The summed E-state index contributed by atoms with van der Waals surface area (Å²) in [6.07, 6.45) is 1.78. The van der Waals surface area contributed by atoms with Gasteiger partial charge in [-0.2, -0.15) is 13.6 Å². The third-order valence-corrected chi connectivity index (χ3v) is 5.07. The van der Waals surface area contributed by atoms with Crippen molar-refractivity contribution in [3.8, 4) is 5.75 Å². The van der Waals surface area contributed by atoms with E-state index in [9.17, 15) is 13.2 Å². The predicted molar refractivity (Wildman–Crippen MR) is 112 cm³/mol. The van der Waals surface area contributed by atoms with Crippen LogP contribution in [0.4, 0.5) is 4.79 Å². The van der Waals surface area contributed by atoms with Gasteiger partial charge in [0.2, 0.25) is 0 Å². The normalized spacial score (nSPS) is 13.0. The van der Waals surface area contributed by atoms with E-state index in [1.54, 1.807) is 32.9 Å². The summed E-state index contributed by atoms with van der Waals surface area (Å²) in [5, 5.41) is 10.5. The Balaban J connectivity index is 2.18. The molecule has 0 aliphatic heterocycles. The largest absolute Gasteiger partial charge is 0.444 e. The van der Waals surface area contributed by atoms with Gasteiger partial charge in [0.25, 0.3) is 0 Å². The molecule has 10 heteroatoms. The van der Waals surface area contributed by atoms with Gasteiger partial charge in [0.05, 0.1) is 11.7 Å². The van der Waals surface area contributed by atoms with Crippen LogP contribution < -0.4 is 14.6 Å². The first-order chi connectivity index (χ1) is 13.4. The van der Waals surface area contributed by atoms with Gasteiger partial charge in [-0.05, 0) is 51.3 Å². The molecule has 0 spiro atoms. The minimum absolute atomic E-state index is 0.118. The molecule has 0 aliphatic carbocycles. The second-order valence-electron chi connectivity index (χ2n) is 7.55. The van der Waals surface area contributed by atoms with E-state index in [2.05, 4.69) is 21.4 Å². The van der Waals surface area contributed by atoms with Crippen LogP contribution in [0.5, 0.6) is 5.75 Å². The fraction of sp³-hybridized carbons (Fsp3) is 0.474. The Kier molecular flexibility index (Phi) is 7.61. The standard InChI is InChI=1S/C19H27N3O5S2/c1-5-6-14-12-28-17(21-14)16(22-18(23)26-19(2,3)4)11-13-7-9-15(10-8-13)27-29(20,24)25/h7-10,12,16H,5-6,11H2,1-4H3,(H,22,23)(H2,20,24,25). The molecule has 1 aromatic heterocycles. The molecule has 0 bridgehead atoms. The third-order valence-electron chi connectivity index (χ3n) is 3.64. The van der Waals surface area contributed by atoms with Gasteiger partial charge in [0.15, 0.2) is 0 Å². The Morgan fingerprint density at radius 2 is 1.93 bits per heavy atom.